The molecular weight excluding hydrogens is 246 g/mol. The van der Waals surface area contributed by atoms with Gasteiger partial charge in [-0.2, -0.15) is 0 Å². The van der Waals surface area contributed by atoms with E-state index in [9.17, 15) is 8.78 Å². The van der Waals surface area contributed by atoms with Gasteiger partial charge < -0.3 is 10.6 Å². The Labute approximate surface area is 112 Å². The van der Waals surface area contributed by atoms with Crippen molar-refractivity contribution in [3.05, 3.63) is 29.3 Å². The van der Waals surface area contributed by atoms with Crippen LogP contribution < -0.4 is 10.6 Å². The van der Waals surface area contributed by atoms with Crippen LogP contribution in [0.1, 0.15) is 38.2 Å². The van der Waals surface area contributed by atoms with Crippen LogP contribution in [0.3, 0.4) is 0 Å². The molecular formula is C15H20F2N2. The number of hydrogen-bond acceptors (Lipinski definition) is 2. The van der Waals surface area contributed by atoms with E-state index in [2.05, 4.69) is 4.90 Å². The van der Waals surface area contributed by atoms with Crippen molar-refractivity contribution in [1.29, 1.82) is 0 Å². The first-order valence-electron chi connectivity index (χ1n) is 7.05. The Hall–Kier alpha value is -1.16. The molecule has 1 aliphatic carbocycles. The van der Waals surface area contributed by atoms with Gasteiger partial charge in [-0.3, -0.25) is 0 Å². The minimum Gasteiger partial charge on any atom is -0.371 e. The minimum atomic E-state index is -0.759. The van der Waals surface area contributed by atoms with Crippen molar-refractivity contribution in [2.45, 2.75) is 44.1 Å². The van der Waals surface area contributed by atoms with E-state index in [0.29, 0.717) is 0 Å². The molecule has 1 aromatic carbocycles. The van der Waals surface area contributed by atoms with Gasteiger partial charge in [0.25, 0.3) is 0 Å². The zero-order valence-electron chi connectivity index (χ0n) is 11.3. The maximum absolute atomic E-state index is 13.6. The standard InChI is InChI=1S/C15H20F2N2/c1-10(18)15(4-5-15)11-8-12(16)13(17)9-14(11)19-6-2-3-7-19/h8-10H,2-7,18H2,1H3. The summed E-state index contributed by atoms with van der Waals surface area (Å²) in [5.41, 5.74) is 7.70. The second kappa shape index (κ2) is 4.44. The van der Waals surface area contributed by atoms with E-state index in [1.54, 1.807) is 0 Å². The highest BCUT2D eigenvalue weighted by Crippen LogP contribution is 2.53. The highest BCUT2D eigenvalue weighted by Gasteiger charge is 2.49. The molecule has 1 heterocycles. The van der Waals surface area contributed by atoms with Crippen molar-refractivity contribution < 1.29 is 8.78 Å². The molecule has 1 aliphatic heterocycles. The van der Waals surface area contributed by atoms with E-state index in [0.717, 1.165) is 50.0 Å². The molecule has 2 fully saturated rings. The third-order valence-corrected chi connectivity index (χ3v) is 4.68. The number of nitrogens with zero attached hydrogens (tertiary/aromatic N) is 1. The minimum absolute atomic E-state index is 0.0290. The summed E-state index contributed by atoms with van der Waals surface area (Å²) in [4.78, 5) is 2.17. The van der Waals surface area contributed by atoms with Gasteiger partial charge in [-0.25, -0.2) is 8.78 Å². The Morgan fingerprint density at radius 3 is 2.26 bits per heavy atom. The largest absolute Gasteiger partial charge is 0.371 e. The van der Waals surface area contributed by atoms with Gasteiger partial charge >= 0.3 is 0 Å². The molecule has 2 N–H and O–H groups in total. The van der Waals surface area contributed by atoms with Gasteiger partial charge in [-0.15, -0.1) is 0 Å². The molecule has 4 heteroatoms. The zero-order valence-corrected chi connectivity index (χ0v) is 11.3. The molecule has 104 valence electrons. The highest BCUT2D eigenvalue weighted by molar-refractivity contribution is 5.60. The van der Waals surface area contributed by atoms with Crippen LogP contribution in [0.2, 0.25) is 0 Å². The van der Waals surface area contributed by atoms with Crippen molar-refractivity contribution in [2.75, 3.05) is 18.0 Å². The molecule has 0 amide bonds. The summed E-state index contributed by atoms with van der Waals surface area (Å²) in [7, 11) is 0. The van der Waals surface area contributed by atoms with Crippen LogP contribution in [0.25, 0.3) is 0 Å². The normalized spacial score (nSPS) is 22.6. The van der Waals surface area contributed by atoms with Gasteiger partial charge in [-0.05, 0) is 44.2 Å². The Kier molecular flexibility index (Phi) is 3.01. The molecule has 0 radical (unpaired) electrons. The Morgan fingerprint density at radius 2 is 1.74 bits per heavy atom. The van der Waals surface area contributed by atoms with E-state index >= 15 is 0 Å². The number of anilines is 1. The van der Waals surface area contributed by atoms with Crippen molar-refractivity contribution in [2.24, 2.45) is 5.73 Å². The second-order valence-corrected chi connectivity index (χ2v) is 5.92. The number of hydrogen-bond donors (Lipinski definition) is 1. The van der Waals surface area contributed by atoms with Crippen molar-refractivity contribution >= 4 is 5.69 Å². The summed E-state index contributed by atoms with van der Waals surface area (Å²) < 4.78 is 27.2. The number of nitrogens with two attached hydrogens (primary N) is 1. The summed E-state index contributed by atoms with van der Waals surface area (Å²) in [6.07, 6.45) is 4.17. The summed E-state index contributed by atoms with van der Waals surface area (Å²) in [6, 6.07) is 2.70. The lowest BCUT2D eigenvalue weighted by Crippen LogP contribution is -2.34. The molecule has 1 unspecified atom stereocenters. The van der Waals surface area contributed by atoms with Crippen molar-refractivity contribution in [1.82, 2.24) is 0 Å². The smallest absolute Gasteiger partial charge is 0.160 e. The van der Waals surface area contributed by atoms with Crippen molar-refractivity contribution in [3.8, 4) is 0 Å². The van der Waals surface area contributed by atoms with E-state index in [-0.39, 0.29) is 11.5 Å². The molecule has 1 saturated carbocycles. The number of rotatable bonds is 3. The quantitative estimate of drug-likeness (QED) is 0.911. The van der Waals surface area contributed by atoms with Crippen LogP contribution >= 0.6 is 0 Å². The number of halogens is 2. The van der Waals surface area contributed by atoms with Gasteiger partial charge in [0.2, 0.25) is 0 Å². The average Bonchev–Trinajstić information content (AvgIpc) is 3.01. The van der Waals surface area contributed by atoms with E-state index in [1.165, 1.54) is 12.1 Å². The average molecular weight is 266 g/mol. The lowest BCUT2D eigenvalue weighted by molar-refractivity contribution is 0.497. The summed E-state index contributed by atoms with van der Waals surface area (Å²) >= 11 is 0. The summed E-state index contributed by atoms with van der Waals surface area (Å²) in [5, 5.41) is 0. The molecule has 0 bridgehead atoms. The maximum Gasteiger partial charge on any atom is 0.160 e. The third-order valence-electron chi connectivity index (χ3n) is 4.68. The van der Waals surface area contributed by atoms with Gasteiger partial charge in [0.05, 0.1) is 0 Å². The first-order valence-corrected chi connectivity index (χ1v) is 7.05. The fourth-order valence-corrected chi connectivity index (χ4v) is 3.26. The highest BCUT2D eigenvalue weighted by atomic mass is 19.2. The monoisotopic (exact) mass is 266 g/mol. The molecule has 1 atom stereocenters. The van der Waals surface area contributed by atoms with Gasteiger partial charge in [0.1, 0.15) is 0 Å². The molecule has 19 heavy (non-hydrogen) atoms. The molecule has 1 saturated heterocycles. The predicted molar refractivity (Wildman–Crippen MR) is 72.4 cm³/mol. The first-order chi connectivity index (χ1) is 9.04. The molecule has 3 rings (SSSR count). The van der Waals surface area contributed by atoms with E-state index in [4.69, 9.17) is 5.73 Å². The van der Waals surface area contributed by atoms with Gasteiger partial charge in [0, 0.05) is 36.3 Å². The molecule has 0 spiro atoms. The Morgan fingerprint density at radius 1 is 1.16 bits per heavy atom. The van der Waals surface area contributed by atoms with Crippen molar-refractivity contribution in [3.63, 3.8) is 0 Å². The summed E-state index contributed by atoms with van der Waals surface area (Å²) in [5.74, 6) is -1.52. The lowest BCUT2D eigenvalue weighted by Gasteiger charge is -2.28. The fraction of sp³-hybridized carbons (Fsp3) is 0.600. The van der Waals surface area contributed by atoms with Gasteiger partial charge in [-0.1, -0.05) is 0 Å². The van der Waals surface area contributed by atoms with Crippen LogP contribution in [-0.4, -0.2) is 19.1 Å². The topological polar surface area (TPSA) is 29.3 Å². The predicted octanol–water partition coefficient (Wildman–Crippen LogP) is 2.94. The first kappa shape index (κ1) is 12.9. The second-order valence-electron chi connectivity index (χ2n) is 5.92. The zero-order chi connectivity index (χ0) is 13.6. The van der Waals surface area contributed by atoms with Crippen LogP contribution in [0.4, 0.5) is 14.5 Å². The summed E-state index contributed by atoms with van der Waals surface area (Å²) in [6.45, 7) is 3.81. The number of benzene rings is 1. The molecule has 0 aromatic heterocycles. The fourth-order valence-electron chi connectivity index (χ4n) is 3.26. The van der Waals surface area contributed by atoms with Crippen LogP contribution in [0, 0.1) is 11.6 Å². The Balaban J connectivity index is 2.09. The SMILES string of the molecule is CC(N)C1(c2cc(F)c(F)cc2N2CCCC2)CC1. The van der Waals surface area contributed by atoms with Gasteiger partial charge in [0.15, 0.2) is 11.6 Å². The molecule has 2 nitrogen and oxygen atoms in total. The van der Waals surface area contributed by atoms with Crippen LogP contribution in [0.5, 0.6) is 0 Å². The lowest BCUT2D eigenvalue weighted by atomic mass is 9.87. The van der Waals surface area contributed by atoms with E-state index < -0.39 is 11.6 Å². The van der Waals surface area contributed by atoms with Crippen LogP contribution in [-0.2, 0) is 5.41 Å². The third kappa shape index (κ3) is 2.02. The maximum atomic E-state index is 13.6. The van der Waals surface area contributed by atoms with E-state index in [1.807, 2.05) is 6.92 Å². The van der Waals surface area contributed by atoms with Crippen LogP contribution in [0.15, 0.2) is 12.1 Å². The Bertz CT molecular complexity index is 489. The molecule has 2 aliphatic rings. The molecule has 1 aromatic rings.